The van der Waals surface area contributed by atoms with E-state index in [0.717, 1.165) is 66.0 Å². The average molecular weight is 465 g/mol. The molecule has 180 valence electrons. The average Bonchev–Trinajstić information content (AvgIpc) is 3.20. The third-order valence-corrected chi connectivity index (χ3v) is 8.33. The highest BCUT2D eigenvalue weighted by atomic mass is 16.6. The van der Waals surface area contributed by atoms with Crippen molar-refractivity contribution in [1.82, 2.24) is 0 Å². The Morgan fingerprint density at radius 1 is 1.12 bits per heavy atom. The van der Waals surface area contributed by atoms with Gasteiger partial charge in [-0.05, 0) is 85.3 Å². The van der Waals surface area contributed by atoms with E-state index in [2.05, 4.69) is 17.2 Å². The standard InChI is InChI=1S/C27H32N2O5/c1-27-10-9-18-19-14-25(33-3)24(30)13-21(19)23(12-20(18)22(27)7-8-26(27)28-31)29-34-15-16-5-4-6-17(11-16)32-2/h4-6,11,13-14,18,20,22,30-31H,7-10,12,15H2,1-3H3/b28-26-,29-23+/t18-,20-,22+,27+/m1/s1. The molecule has 0 aromatic heterocycles. The zero-order chi connectivity index (χ0) is 23.9. The monoisotopic (exact) mass is 464 g/mol. The molecule has 2 fully saturated rings. The summed E-state index contributed by atoms with van der Waals surface area (Å²) in [4.78, 5) is 5.83. The lowest BCUT2D eigenvalue weighted by Gasteiger charge is -2.48. The highest BCUT2D eigenvalue weighted by Gasteiger charge is 2.54. The van der Waals surface area contributed by atoms with E-state index in [0.29, 0.717) is 30.1 Å². The van der Waals surface area contributed by atoms with Gasteiger partial charge in [-0.25, -0.2) is 0 Å². The number of methoxy groups -OCH3 is 2. The van der Waals surface area contributed by atoms with E-state index in [-0.39, 0.29) is 11.2 Å². The summed E-state index contributed by atoms with van der Waals surface area (Å²) in [6.45, 7) is 2.58. The lowest BCUT2D eigenvalue weighted by atomic mass is 9.55. The molecule has 0 unspecified atom stereocenters. The van der Waals surface area contributed by atoms with Gasteiger partial charge in [-0.3, -0.25) is 0 Å². The van der Waals surface area contributed by atoms with E-state index >= 15 is 0 Å². The SMILES string of the molecule is COc1cccc(CO/N=C2\C[C@@H]3[C@H](CC[C@]4(C)/C(=N\O)CC[C@@H]34)c3cc(OC)c(O)cc32)c1. The first-order valence-corrected chi connectivity index (χ1v) is 11.9. The molecular formula is C27H32N2O5. The van der Waals surface area contributed by atoms with Gasteiger partial charge in [-0.15, -0.1) is 0 Å². The molecule has 0 bridgehead atoms. The van der Waals surface area contributed by atoms with Crippen molar-refractivity contribution < 1.29 is 24.6 Å². The second-order valence-electron chi connectivity index (χ2n) is 9.90. The van der Waals surface area contributed by atoms with Crippen molar-refractivity contribution in [3.05, 3.63) is 53.1 Å². The van der Waals surface area contributed by atoms with Gasteiger partial charge in [0.05, 0.1) is 25.6 Å². The van der Waals surface area contributed by atoms with Crippen LogP contribution < -0.4 is 9.47 Å². The molecule has 0 amide bonds. The molecule has 0 radical (unpaired) electrons. The van der Waals surface area contributed by atoms with Crippen molar-refractivity contribution in [2.24, 2.45) is 27.6 Å². The number of fused-ring (bicyclic) bond motifs is 5. The molecule has 0 aliphatic heterocycles. The zero-order valence-corrected chi connectivity index (χ0v) is 20.0. The van der Waals surface area contributed by atoms with Gasteiger partial charge in [0.15, 0.2) is 11.5 Å². The molecule has 2 aromatic rings. The van der Waals surface area contributed by atoms with E-state index in [1.807, 2.05) is 30.3 Å². The van der Waals surface area contributed by atoms with E-state index in [1.165, 1.54) is 0 Å². The number of phenols is 1. The molecule has 5 rings (SSSR count). The Morgan fingerprint density at radius 3 is 2.74 bits per heavy atom. The van der Waals surface area contributed by atoms with Crippen molar-refractivity contribution in [1.29, 1.82) is 0 Å². The molecule has 3 aliphatic carbocycles. The number of hydrogen-bond donors (Lipinski definition) is 2. The third kappa shape index (κ3) is 3.67. The van der Waals surface area contributed by atoms with Gasteiger partial charge in [0.25, 0.3) is 0 Å². The van der Waals surface area contributed by atoms with Crippen molar-refractivity contribution in [2.75, 3.05) is 14.2 Å². The molecule has 7 heteroatoms. The number of hydrogen-bond acceptors (Lipinski definition) is 7. The Balaban J connectivity index is 1.49. The summed E-state index contributed by atoms with van der Waals surface area (Å²) < 4.78 is 10.7. The lowest BCUT2D eigenvalue weighted by Crippen LogP contribution is -2.43. The van der Waals surface area contributed by atoms with Gasteiger partial charge < -0.3 is 24.6 Å². The number of rotatable bonds is 5. The molecule has 3 aliphatic rings. The molecule has 0 saturated heterocycles. The molecule has 7 nitrogen and oxygen atoms in total. The normalized spacial score (nSPS) is 29.9. The Morgan fingerprint density at radius 2 is 1.97 bits per heavy atom. The minimum Gasteiger partial charge on any atom is -0.504 e. The van der Waals surface area contributed by atoms with Crippen molar-refractivity contribution in [3.63, 3.8) is 0 Å². The second-order valence-corrected chi connectivity index (χ2v) is 9.90. The Labute approximate surface area is 200 Å². The van der Waals surface area contributed by atoms with Crippen LogP contribution in [0, 0.1) is 17.3 Å². The van der Waals surface area contributed by atoms with Crippen LogP contribution in [-0.4, -0.2) is 36.0 Å². The molecule has 34 heavy (non-hydrogen) atoms. The largest absolute Gasteiger partial charge is 0.504 e. The molecular weight excluding hydrogens is 432 g/mol. The van der Waals surface area contributed by atoms with Crippen LogP contribution in [0.5, 0.6) is 17.2 Å². The number of aromatic hydroxyl groups is 1. The van der Waals surface area contributed by atoms with E-state index < -0.39 is 0 Å². The van der Waals surface area contributed by atoms with Crippen molar-refractivity contribution >= 4 is 11.4 Å². The fourth-order valence-corrected chi connectivity index (χ4v) is 6.58. The van der Waals surface area contributed by atoms with Crippen LogP contribution in [0.25, 0.3) is 0 Å². The quantitative estimate of drug-likeness (QED) is 0.452. The van der Waals surface area contributed by atoms with Gasteiger partial charge in [-0.2, -0.15) is 0 Å². The second kappa shape index (κ2) is 8.85. The summed E-state index contributed by atoms with van der Waals surface area (Å²) in [6.07, 6.45) is 4.60. The summed E-state index contributed by atoms with van der Waals surface area (Å²) in [5.41, 5.74) is 4.75. The predicted molar refractivity (Wildman–Crippen MR) is 129 cm³/mol. The maximum atomic E-state index is 10.5. The maximum Gasteiger partial charge on any atom is 0.160 e. The molecule has 2 aromatic carbocycles. The molecule has 2 N–H and O–H groups in total. The summed E-state index contributed by atoms with van der Waals surface area (Å²) in [5.74, 6) is 2.48. The minimum absolute atomic E-state index is 0.0824. The van der Waals surface area contributed by atoms with E-state index in [9.17, 15) is 10.3 Å². The minimum atomic E-state index is -0.0824. The Bertz CT molecular complexity index is 1140. The number of oxime groups is 2. The summed E-state index contributed by atoms with van der Waals surface area (Å²) >= 11 is 0. The Hall–Kier alpha value is -3.22. The molecule has 4 atom stereocenters. The van der Waals surface area contributed by atoms with Crippen LogP contribution in [0.4, 0.5) is 0 Å². The fourth-order valence-electron chi connectivity index (χ4n) is 6.58. The highest BCUT2D eigenvalue weighted by Crippen LogP contribution is 2.60. The first-order chi connectivity index (χ1) is 16.5. The van der Waals surface area contributed by atoms with Crippen LogP contribution in [0.3, 0.4) is 0 Å². The van der Waals surface area contributed by atoms with Crippen molar-refractivity contribution in [2.45, 2.75) is 51.6 Å². The number of ether oxygens (including phenoxy) is 2. The van der Waals surface area contributed by atoms with Gasteiger partial charge in [-0.1, -0.05) is 29.4 Å². The summed E-state index contributed by atoms with van der Waals surface area (Å²) in [5, 5.41) is 28.4. The number of nitrogens with zero attached hydrogens (tertiary/aromatic N) is 2. The predicted octanol–water partition coefficient (Wildman–Crippen LogP) is 5.47. The van der Waals surface area contributed by atoms with E-state index in [1.54, 1.807) is 20.3 Å². The molecule has 2 saturated carbocycles. The van der Waals surface area contributed by atoms with Gasteiger partial charge >= 0.3 is 0 Å². The number of benzene rings is 2. The first-order valence-electron chi connectivity index (χ1n) is 11.9. The summed E-state index contributed by atoms with van der Waals surface area (Å²) in [6, 6.07) is 11.5. The first kappa shape index (κ1) is 22.6. The maximum absolute atomic E-state index is 10.5. The van der Waals surface area contributed by atoms with Gasteiger partial charge in [0, 0.05) is 11.0 Å². The van der Waals surface area contributed by atoms with Crippen LogP contribution in [0.1, 0.15) is 61.6 Å². The summed E-state index contributed by atoms with van der Waals surface area (Å²) in [7, 11) is 3.22. The topological polar surface area (TPSA) is 92.9 Å². The van der Waals surface area contributed by atoms with Crippen LogP contribution in [0.2, 0.25) is 0 Å². The van der Waals surface area contributed by atoms with Crippen LogP contribution in [-0.2, 0) is 11.4 Å². The third-order valence-electron chi connectivity index (χ3n) is 8.33. The van der Waals surface area contributed by atoms with Crippen LogP contribution >= 0.6 is 0 Å². The van der Waals surface area contributed by atoms with Crippen LogP contribution in [0.15, 0.2) is 46.7 Å². The highest BCUT2D eigenvalue weighted by molar-refractivity contribution is 6.04. The fraction of sp³-hybridized carbons (Fsp3) is 0.481. The Kier molecular flexibility index (Phi) is 5.88. The lowest BCUT2D eigenvalue weighted by molar-refractivity contribution is 0.103. The zero-order valence-electron chi connectivity index (χ0n) is 20.0. The van der Waals surface area contributed by atoms with Gasteiger partial charge in [0.1, 0.15) is 12.4 Å². The number of phenolic OH excluding ortho intramolecular Hbond substituents is 1. The van der Waals surface area contributed by atoms with Gasteiger partial charge in [0.2, 0.25) is 0 Å². The van der Waals surface area contributed by atoms with E-state index in [4.69, 9.17) is 14.3 Å². The molecule has 0 spiro atoms. The van der Waals surface area contributed by atoms with Crippen molar-refractivity contribution in [3.8, 4) is 17.2 Å². The smallest absolute Gasteiger partial charge is 0.160 e. The molecule has 0 heterocycles.